The summed E-state index contributed by atoms with van der Waals surface area (Å²) in [4.78, 5) is 18.3. The van der Waals surface area contributed by atoms with Gasteiger partial charge < -0.3 is 10.2 Å². The van der Waals surface area contributed by atoms with E-state index in [1.165, 1.54) is 12.1 Å². The molecule has 4 nitrogen and oxygen atoms in total. The zero-order valence-corrected chi connectivity index (χ0v) is 17.7. The number of fused-ring (bicyclic) bond motifs is 1. The Bertz CT molecular complexity index is 1080. The second-order valence-corrected chi connectivity index (χ2v) is 7.93. The summed E-state index contributed by atoms with van der Waals surface area (Å²) >= 11 is 0. The number of aromatic nitrogens is 1. The monoisotopic (exact) mass is 439 g/mol. The quantitative estimate of drug-likeness (QED) is 0.588. The zero-order chi connectivity index (χ0) is 22.7. The van der Waals surface area contributed by atoms with Crippen molar-refractivity contribution in [3.05, 3.63) is 89.2 Å². The van der Waals surface area contributed by atoms with Crippen LogP contribution in [0.1, 0.15) is 35.6 Å². The van der Waals surface area contributed by atoms with E-state index in [9.17, 15) is 18.0 Å². The third kappa shape index (κ3) is 4.77. The molecule has 0 radical (unpaired) electrons. The molecule has 2 aromatic carbocycles. The van der Waals surface area contributed by atoms with Crippen LogP contribution in [0.15, 0.2) is 67.0 Å². The highest BCUT2D eigenvalue weighted by Crippen LogP contribution is 2.37. The number of rotatable bonds is 5. The third-order valence-electron chi connectivity index (χ3n) is 5.70. The van der Waals surface area contributed by atoms with Crippen molar-refractivity contribution in [3.63, 3.8) is 0 Å². The minimum absolute atomic E-state index is 0.0458. The maximum Gasteiger partial charge on any atom is 0.416 e. The van der Waals surface area contributed by atoms with Crippen LogP contribution in [0.2, 0.25) is 0 Å². The van der Waals surface area contributed by atoms with E-state index in [4.69, 9.17) is 0 Å². The van der Waals surface area contributed by atoms with Gasteiger partial charge in [-0.25, -0.2) is 0 Å². The van der Waals surface area contributed by atoms with Crippen LogP contribution in [0.5, 0.6) is 0 Å². The molecule has 0 fully saturated rings. The molecule has 32 heavy (non-hydrogen) atoms. The fraction of sp³-hybridized carbons (Fsp3) is 0.280. The molecule has 1 aliphatic rings. The van der Waals surface area contributed by atoms with Gasteiger partial charge in [0.15, 0.2) is 0 Å². The molecule has 1 aliphatic heterocycles. The van der Waals surface area contributed by atoms with Gasteiger partial charge in [-0.1, -0.05) is 25.1 Å². The Labute approximate surface area is 185 Å². The maximum atomic E-state index is 13.0. The highest BCUT2D eigenvalue weighted by atomic mass is 19.4. The van der Waals surface area contributed by atoms with Gasteiger partial charge >= 0.3 is 6.18 Å². The first-order chi connectivity index (χ1) is 15.3. The molecule has 1 atom stereocenters. The number of anilines is 2. The number of carbonyl (C=O) groups is 1. The molecule has 3 aromatic rings. The third-order valence-corrected chi connectivity index (χ3v) is 5.70. The normalized spacial score (nSPS) is 15.9. The van der Waals surface area contributed by atoms with Crippen LogP contribution in [-0.2, 0) is 23.8 Å². The minimum Gasteiger partial charge on any atom is -0.351 e. The van der Waals surface area contributed by atoms with E-state index in [0.717, 1.165) is 34.5 Å². The number of halogens is 3. The fourth-order valence-corrected chi connectivity index (χ4v) is 4.13. The second-order valence-electron chi connectivity index (χ2n) is 7.93. The Morgan fingerprint density at radius 2 is 1.91 bits per heavy atom. The molecule has 1 aromatic heterocycles. The molecule has 0 spiro atoms. The summed E-state index contributed by atoms with van der Waals surface area (Å²) < 4.78 is 39.1. The van der Waals surface area contributed by atoms with Crippen molar-refractivity contribution in [3.8, 4) is 0 Å². The van der Waals surface area contributed by atoms with Gasteiger partial charge in [-0.3, -0.25) is 9.78 Å². The van der Waals surface area contributed by atoms with Crippen molar-refractivity contribution in [2.24, 2.45) is 0 Å². The topological polar surface area (TPSA) is 45.2 Å². The Hall–Kier alpha value is -3.35. The van der Waals surface area contributed by atoms with Crippen LogP contribution in [0.3, 0.4) is 0 Å². The number of pyridine rings is 1. The molecule has 0 aliphatic carbocycles. The smallest absolute Gasteiger partial charge is 0.351 e. The largest absolute Gasteiger partial charge is 0.416 e. The second kappa shape index (κ2) is 9.02. The van der Waals surface area contributed by atoms with Gasteiger partial charge in [-0.15, -0.1) is 0 Å². The molecule has 0 saturated heterocycles. The van der Waals surface area contributed by atoms with Gasteiger partial charge in [0.2, 0.25) is 5.91 Å². The predicted octanol–water partition coefficient (Wildman–Crippen LogP) is 5.28. The van der Waals surface area contributed by atoms with Gasteiger partial charge in [0.1, 0.15) is 0 Å². The van der Waals surface area contributed by atoms with E-state index < -0.39 is 11.7 Å². The molecule has 7 heteroatoms. The first-order valence-corrected chi connectivity index (χ1v) is 10.6. The van der Waals surface area contributed by atoms with Crippen LogP contribution >= 0.6 is 0 Å². The first kappa shape index (κ1) is 21.9. The highest BCUT2D eigenvalue weighted by Gasteiger charge is 2.32. The Kier molecular flexibility index (Phi) is 6.17. The number of nitrogens with one attached hydrogen (secondary N) is 1. The summed E-state index contributed by atoms with van der Waals surface area (Å²) in [6.07, 6.45) is 0.896. The highest BCUT2D eigenvalue weighted by molar-refractivity contribution is 5.77. The molecule has 1 amide bonds. The lowest BCUT2D eigenvalue weighted by Gasteiger charge is -2.37. The molecule has 2 heterocycles. The van der Waals surface area contributed by atoms with E-state index in [1.54, 1.807) is 13.1 Å². The van der Waals surface area contributed by atoms with E-state index in [-0.39, 0.29) is 11.9 Å². The lowest BCUT2D eigenvalue weighted by Crippen LogP contribution is -2.47. The maximum absolute atomic E-state index is 13.0. The molecule has 1 unspecified atom stereocenters. The number of hydrogen-bond donors (Lipinski definition) is 1. The summed E-state index contributed by atoms with van der Waals surface area (Å²) in [6.45, 7) is 2.29. The van der Waals surface area contributed by atoms with Crippen molar-refractivity contribution >= 4 is 17.3 Å². The lowest BCUT2D eigenvalue weighted by molar-refractivity contribution is -0.137. The van der Waals surface area contributed by atoms with Crippen LogP contribution in [0, 0.1) is 0 Å². The number of benzene rings is 2. The minimum atomic E-state index is -4.38. The summed E-state index contributed by atoms with van der Waals surface area (Å²) in [6, 6.07) is 14.9. The molecular formula is C25H24F3N3O. The van der Waals surface area contributed by atoms with Crippen molar-refractivity contribution in [1.29, 1.82) is 0 Å². The Morgan fingerprint density at radius 1 is 1.12 bits per heavy atom. The van der Waals surface area contributed by atoms with Crippen molar-refractivity contribution < 1.29 is 18.0 Å². The molecule has 0 bridgehead atoms. The number of hydrogen-bond acceptors (Lipinski definition) is 3. The summed E-state index contributed by atoms with van der Waals surface area (Å²) in [5.74, 6) is -0.0458. The number of nitrogens with zero attached hydrogens (tertiary/aromatic N) is 2. The summed E-state index contributed by atoms with van der Waals surface area (Å²) in [7, 11) is 0. The van der Waals surface area contributed by atoms with Crippen molar-refractivity contribution in [2.45, 2.75) is 38.4 Å². The van der Waals surface area contributed by atoms with Crippen LogP contribution < -0.4 is 10.2 Å². The van der Waals surface area contributed by atoms with Crippen LogP contribution in [-0.4, -0.2) is 23.5 Å². The van der Waals surface area contributed by atoms with Crippen LogP contribution in [0.4, 0.5) is 24.5 Å². The zero-order valence-electron chi connectivity index (χ0n) is 17.7. The Balaban J connectivity index is 1.72. The van der Waals surface area contributed by atoms with Gasteiger partial charge in [-0.2, -0.15) is 13.2 Å². The van der Waals surface area contributed by atoms with E-state index in [1.807, 2.05) is 35.4 Å². The average molecular weight is 439 g/mol. The molecule has 4 rings (SSSR count). The van der Waals surface area contributed by atoms with E-state index in [0.29, 0.717) is 31.5 Å². The van der Waals surface area contributed by atoms with Crippen molar-refractivity contribution in [1.82, 2.24) is 10.3 Å². The average Bonchev–Trinajstić information content (AvgIpc) is 2.79. The number of carbonyl (C=O) groups excluding carboxylic acids is 1. The van der Waals surface area contributed by atoms with Crippen molar-refractivity contribution in [2.75, 3.05) is 11.4 Å². The number of alkyl halides is 3. The van der Waals surface area contributed by atoms with Crippen LogP contribution in [0.25, 0.3) is 0 Å². The fourth-order valence-electron chi connectivity index (χ4n) is 4.13. The predicted molar refractivity (Wildman–Crippen MR) is 118 cm³/mol. The lowest BCUT2D eigenvalue weighted by atomic mass is 9.90. The van der Waals surface area contributed by atoms with Gasteiger partial charge in [-0.05, 0) is 65.9 Å². The van der Waals surface area contributed by atoms with Gasteiger partial charge in [0.25, 0.3) is 0 Å². The molecule has 0 saturated carbocycles. The molecule has 1 N–H and O–H groups in total. The summed E-state index contributed by atoms with van der Waals surface area (Å²) in [5.41, 5.74) is 4.20. The Morgan fingerprint density at radius 3 is 2.56 bits per heavy atom. The molecular weight excluding hydrogens is 415 g/mol. The first-order valence-electron chi connectivity index (χ1n) is 10.6. The summed E-state index contributed by atoms with van der Waals surface area (Å²) in [5, 5.41) is 3.06. The number of amides is 1. The SMILES string of the molecule is CCC(=O)NC1Cc2c(Cc3cccnc3)cccc2N(c2ccc(C(F)(F)F)cc2)C1. The van der Waals surface area contributed by atoms with Gasteiger partial charge in [0.05, 0.1) is 11.6 Å². The standard InChI is InChI=1S/C25H24F3N3O/c1-2-24(32)30-20-14-22-18(13-17-5-4-12-29-15-17)6-3-7-23(22)31(16-20)21-10-8-19(9-11-21)25(26,27)28/h3-12,15,20H,2,13-14,16H2,1H3,(H,30,32). The van der Waals surface area contributed by atoms with E-state index >= 15 is 0 Å². The van der Waals surface area contributed by atoms with Gasteiger partial charge in [0, 0.05) is 36.7 Å². The van der Waals surface area contributed by atoms with E-state index in [2.05, 4.69) is 16.4 Å². The molecule has 166 valence electrons.